The minimum absolute atomic E-state index is 0.0869. The number of benzene rings is 1. The van der Waals surface area contributed by atoms with Crippen LogP contribution in [-0.4, -0.2) is 117 Å². The van der Waals surface area contributed by atoms with Gasteiger partial charge in [-0.15, -0.1) is 0 Å². The number of pyridine rings is 3. The number of likely N-dealkylation sites (tertiary alicyclic amines) is 2. The number of hydrogen-bond donors (Lipinski definition) is 3. The maximum Gasteiger partial charge on any atom is 0.328 e. The van der Waals surface area contributed by atoms with Gasteiger partial charge in [0, 0.05) is 106 Å². The lowest BCUT2D eigenvalue weighted by atomic mass is 9.69. The first-order valence-corrected chi connectivity index (χ1v) is 20.7. The van der Waals surface area contributed by atoms with Gasteiger partial charge in [-0.1, -0.05) is 17.7 Å². The smallest absolute Gasteiger partial charge is 0.328 e. The molecule has 0 saturated carbocycles. The van der Waals surface area contributed by atoms with Crippen molar-refractivity contribution >= 4 is 57.8 Å². The van der Waals surface area contributed by atoms with E-state index in [0.29, 0.717) is 31.3 Å². The number of rotatable bonds is 8. The van der Waals surface area contributed by atoms with Gasteiger partial charge in [-0.3, -0.25) is 39.5 Å². The standard InChI is InChI=1S/C43H42ClF2N9O5.CH4O/c1-25(56)49-38-16-30-31(20-52(2)37(30)18-48-38)35-14-29(13-34(50-35)28-8-12-60-21-28)33-6-3-26(17-47-33)19-53-11-9-42(43(45,46)24-53)22-54(23-42)40(58)27-4-5-32(44)36(15-27)55-10-7-39(57)51-41(55)59;1-2/h3-6,13-18,20,28H,7-12,19,21-24H2,1-2H3,(H,48,49,56)(H,51,57,59);2H,1H3. The molecule has 4 aliphatic rings. The summed E-state index contributed by atoms with van der Waals surface area (Å²) in [5.74, 6) is -3.52. The van der Waals surface area contributed by atoms with Crippen LogP contribution in [0.25, 0.3) is 33.4 Å². The van der Waals surface area contributed by atoms with E-state index in [1.165, 1.54) is 34.9 Å². The number of nitrogens with one attached hydrogen (secondary N) is 2. The molecule has 1 atom stereocenters. The molecule has 9 rings (SSSR count). The van der Waals surface area contributed by atoms with Crippen molar-refractivity contribution < 1.29 is 37.8 Å². The Morgan fingerprint density at radius 3 is 2.52 bits per heavy atom. The number of nitrogens with zero attached hydrogens (tertiary/aromatic N) is 7. The number of anilines is 2. The van der Waals surface area contributed by atoms with Crippen LogP contribution in [0.4, 0.5) is 25.1 Å². The predicted octanol–water partition coefficient (Wildman–Crippen LogP) is 5.85. The second kappa shape index (κ2) is 17.1. The Morgan fingerprint density at radius 1 is 1.02 bits per heavy atom. The summed E-state index contributed by atoms with van der Waals surface area (Å²) in [5.41, 5.74) is 4.94. The van der Waals surface area contributed by atoms with E-state index in [0.717, 1.165) is 52.5 Å². The van der Waals surface area contributed by atoms with Crippen molar-refractivity contribution in [3.63, 3.8) is 0 Å². The van der Waals surface area contributed by atoms with E-state index in [1.807, 2.05) is 48.1 Å². The monoisotopic (exact) mass is 869 g/mol. The van der Waals surface area contributed by atoms with Gasteiger partial charge in [0.25, 0.3) is 11.8 Å². The Kier molecular flexibility index (Phi) is 11.8. The van der Waals surface area contributed by atoms with Crippen molar-refractivity contribution in [2.45, 2.75) is 44.6 Å². The fourth-order valence-corrected chi connectivity index (χ4v) is 8.98. The molecule has 0 bridgehead atoms. The van der Waals surface area contributed by atoms with E-state index < -0.39 is 35.7 Å². The van der Waals surface area contributed by atoms with E-state index in [4.69, 9.17) is 31.4 Å². The molecule has 5 aromatic rings. The predicted molar refractivity (Wildman–Crippen MR) is 228 cm³/mol. The zero-order chi connectivity index (χ0) is 43.9. The number of aliphatic hydroxyl groups excluding tert-OH is 1. The number of aliphatic hydroxyl groups is 1. The minimum Gasteiger partial charge on any atom is -0.400 e. The van der Waals surface area contributed by atoms with Gasteiger partial charge < -0.3 is 24.6 Å². The van der Waals surface area contributed by atoms with Gasteiger partial charge in [0.05, 0.1) is 52.4 Å². The number of ether oxygens (including phenoxy) is 1. The number of carbonyl (C=O) groups excluding carboxylic acids is 4. The van der Waals surface area contributed by atoms with Crippen molar-refractivity contribution in [1.82, 2.24) is 34.6 Å². The van der Waals surface area contributed by atoms with Crippen LogP contribution in [0, 0.1) is 5.41 Å². The molecule has 4 aromatic heterocycles. The van der Waals surface area contributed by atoms with Gasteiger partial charge in [0.2, 0.25) is 11.8 Å². The molecule has 8 heterocycles. The number of amides is 5. The largest absolute Gasteiger partial charge is 0.400 e. The number of alkyl halides is 2. The average Bonchev–Trinajstić information content (AvgIpc) is 3.89. The molecule has 5 amide bonds. The second-order valence-corrected chi connectivity index (χ2v) is 16.6. The van der Waals surface area contributed by atoms with Gasteiger partial charge in [-0.05, 0) is 67.4 Å². The molecular weight excluding hydrogens is 824 g/mol. The van der Waals surface area contributed by atoms with Gasteiger partial charge in [-0.2, -0.15) is 0 Å². The Labute approximate surface area is 361 Å². The zero-order valence-corrected chi connectivity index (χ0v) is 35.2. The molecule has 3 N–H and O–H groups in total. The van der Waals surface area contributed by atoms with Crippen LogP contribution < -0.4 is 15.5 Å². The number of aromatic nitrogens is 4. The third-order valence-corrected chi connectivity index (χ3v) is 12.4. The molecule has 15 nitrogen and oxygen atoms in total. The van der Waals surface area contributed by atoms with Crippen LogP contribution in [-0.2, 0) is 27.9 Å². The van der Waals surface area contributed by atoms with Crippen LogP contribution in [0.2, 0.25) is 5.02 Å². The van der Waals surface area contributed by atoms with E-state index in [1.54, 1.807) is 17.3 Å². The number of hydrogen-bond acceptors (Lipinski definition) is 10. The fourth-order valence-electron chi connectivity index (χ4n) is 8.76. The summed E-state index contributed by atoms with van der Waals surface area (Å²) in [5, 5.41) is 13.1. The second-order valence-electron chi connectivity index (χ2n) is 16.2. The highest BCUT2D eigenvalue weighted by Crippen LogP contribution is 2.51. The molecule has 18 heteroatoms. The summed E-state index contributed by atoms with van der Waals surface area (Å²) in [6.07, 6.45) is 6.60. The van der Waals surface area contributed by atoms with Crippen molar-refractivity contribution in [3.8, 4) is 22.5 Å². The lowest BCUT2D eigenvalue weighted by Crippen LogP contribution is -2.70. The van der Waals surface area contributed by atoms with Crippen molar-refractivity contribution in [2.24, 2.45) is 12.5 Å². The molecule has 1 spiro atoms. The highest BCUT2D eigenvalue weighted by Gasteiger charge is 2.63. The minimum atomic E-state index is -3.05. The lowest BCUT2D eigenvalue weighted by Gasteiger charge is -2.57. The SMILES string of the molecule is CC(=O)Nc1cc2c(-c3cc(-c4ccc(CN5CCC6(CN(C(=O)c7ccc(Cl)c(N8CCC(=O)NC8=O)c7)C6)C(F)(F)C5)cn4)cc(C4CCOC4)n3)cn(C)c2cn1.CO. The summed E-state index contributed by atoms with van der Waals surface area (Å²) in [7, 11) is 2.94. The highest BCUT2D eigenvalue weighted by atomic mass is 35.5. The molecular formula is C44H46ClF2N9O6. The van der Waals surface area contributed by atoms with Crippen LogP contribution in [0.3, 0.4) is 0 Å². The van der Waals surface area contributed by atoms with E-state index in [-0.39, 0.29) is 67.1 Å². The Bertz CT molecular complexity index is 2560. The number of halogens is 3. The molecule has 324 valence electrons. The summed E-state index contributed by atoms with van der Waals surface area (Å²) >= 11 is 6.35. The van der Waals surface area contributed by atoms with E-state index >= 15 is 8.78 Å². The fraction of sp³-hybridized carbons (Fsp3) is 0.386. The molecule has 0 aliphatic carbocycles. The Morgan fingerprint density at radius 2 is 1.82 bits per heavy atom. The number of urea groups is 1. The first kappa shape index (κ1) is 42.8. The van der Waals surface area contributed by atoms with Gasteiger partial charge >= 0.3 is 6.03 Å². The summed E-state index contributed by atoms with van der Waals surface area (Å²) < 4.78 is 39.7. The van der Waals surface area contributed by atoms with E-state index in [9.17, 15) is 19.2 Å². The van der Waals surface area contributed by atoms with Crippen LogP contribution >= 0.6 is 11.6 Å². The normalized spacial score (nSPS) is 19.5. The molecule has 4 fully saturated rings. The maximum absolute atomic E-state index is 16.0. The quantitative estimate of drug-likeness (QED) is 0.172. The summed E-state index contributed by atoms with van der Waals surface area (Å²) in [6.45, 7) is 2.86. The first-order valence-electron chi connectivity index (χ1n) is 20.3. The summed E-state index contributed by atoms with van der Waals surface area (Å²) in [4.78, 5) is 68.1. The van der Waals surface area contributed by atoms with Gasteiger partial charge in [0.1, 0.15) is 5.82 Å². The molecule has 4 saturated heterocycles. The first-order chi connectivity index (χ1) is 29.8. The Balaban J connectivity index is 0.00000261. The molecule has 62 heavy (non-hydrogen) atoms. The van der Waals surface area contributed by atoms with Crippen LogP contribution in [0.1, 0.15) is 53.7 Å². The number of piperidine rings is 1. The van der Waals surface area contributed by atoms with Crippen molar-refractivity contribution in [3.05, 3.63) is 89.0 Å². The van der Waals surface area contributed by atoms with Gasteiger partial charge in [0.15, 0.2) is 0 Å². The topological polar surface area (TPSA) is 175 Å². The molecule has 0 radical (unpaired) electrons. The molecule has 1 aromatic carbocycles. The summed E-state index contributed by atoms with van der Waals surface area (Å²) in [6, 6.07) is 13.5. The maximum atomic E-state index is 16.0. The van der Waals surface area contributed by atoms with Crippen LogP contribution in [0.5, 0.6) is 0 Å². The number of fused-ring (bicyclic) bond motifs is 1. The van der Waals surface area contributed by atoms with Crippen molar-refractivity contribution in [1.29, 1.82) is 0 Å². The number of imide groups is 1. The zero-order valence-electron chi connectivity index (χ0n) is 34.5. The molecule has 4 aliphatic heterocycles. The number of aryl methyl sites for hydroxylation is 1. The lowest BCUT2D eigenvalue weighted by molar-refractivity contribution is -0.215. The van der Waals surface area contributed by atoms with Crippen molar-refractivity contribution in [2.75, 3.05) is 63.3 Å². The molecule has 1 unspecified atom stereocenters. The van der Waals surface area contributed by atoms with E-state index in [2.05, 4.69) is 15.6 Å². The van der Waals surface area contributed by atoms with Gasteiger partial charge in [-0.25, -0.2) is 18.6 Å². The highest BCUT2D eigenvalue weighted by molar-refractivity contribution is 6.34. The average molecular weight is 870 g/mol. The number of carbonyl (C=O) groups is 4. The Hall–Kier alpha value is -5.88. The third kappa shape index (κ3) is 8.24. The van der Waals surface area contributed by atoms with Crippen LogP contribution in [0.15, 0.2) is 67.1 Å². The third-order valence-electron chi connectivity index (χ3n) is 12.1.